The van der Waals surface area contributed by atoms with Crippen molar-refractivity contribution in [1.29, 1.82) is 0 Å². The number of para-hydroxylation sites is 1. The van der Waals surface area contributed by atoms with Crippen molar-refractivity contribution in [2.45, 2.75) is 19.3 Å². The highest BCUT2D eigenvalue weighted by atomic mass is 32.2. The monoisotopic (exact) mass is 437 g/mol. The molecule has 1 aliphatic rings. The zero-order valence-electron chi connectivity index (χ0n) is 16.8. The number of nitrogens with zero attached hydrogens (tertiary/aromatic N) is 2. The zero-order valence-corrected chi connectivity index (χ0v) is 17.6. The number of sulfonamides is 1. The van der Waals surface area contributed by atoms with E-state index >= 15 is 0 Å². The first-order chi connectivity index (χ1) is 14.3. The summed E-state index contributed by atoms with van der Waals surface area (Å²) in [6, 6.07) is 10.8. The van der Waals surface area contributed by atoms with E-state index in [1.54, 1.807) is 0 Å². The van der Waals surface area contributed by atoms with Gasteiger partial charge in [0, 0.05) is 31.4 Å². The van der Waals surface area contributed by atoms with Gasteiger partial charge in [-0.25, -0.2) is 17.2 Å². The third-order valence-electron chi connectivity index (χ3n) is 5.00. The van der Waals surface area contributed by atoms with Gasteiger partial charge in [0.1, 0.15) is 18.2 Å². The molecule has 162 valence electrons. The van der Waals surface area contributed by atoms with Crippen molar-refractivity contribution >= 4 is 27.3 Å². The van der Waals surface area contributed by atoms with Gasteiger partial charge in [0.2, 0.25) is 15.9 Å². The van der Waals surface area contributed by atoms with Crippen LogP contribution in [0.5, 0.6) is 0 Å². The Hall–Kier alpha value is -2.68. The molecule has 1 heterocycles. The summed E-state index contributed by atoms with van der Waals surface area (Å²) >= 11 is 0. The van der Waals surface area contributed by atoms with Crippen LogP contribution in [0.4, 0.5) is 20.2 Å². The Labute approximate surface area is 175 Å². The van der Waals surface area contributed by atoms with E-state index < -0.39 is 34.1 Å². The van der Waals surface area contributed by atoms with Gasteiger partial charge in [0.15, 0.2) is 0 Å². The molecule has 2 aromatic rings. The van der Waals surface area contributed by atoms with Crippen LogP contribution >= 0.6 is 0 Å². The number of hydrogen-bond donors (Lipinski definition) is 1. The molecule has 1 aliphatic heterocycles. The Balaban J connectivity index is 1.54. The van der Waals surface area contributed by atoms with E-state index in [1.165, 1.54) is 11.3 Å². The third-order valence-corrected chi connectivity index (χ3v) is 6.13. The number of rotatable bonds is 8. The highest BCUT2D eigenvalue weighted by Crippen LogP contribution is 2.26. The summed E-state index contributed by atoms with van der Waals surface area (Å²) in [6.45, 7) is 1.51. The Morgan fingerprint density at radius 1 is 1.20 bits per heavy atom. The van der Waals surface area contributed by atoms with Gasteiger partial charge in [0.05, 0.1) is 11.9 Å². The van der Waals surface area contributed by atoms with Crippen LogP contribution in [0.15, 0.2) is 42.5 Å². The second-order valence-electron chi connectivity index (χ2n) is 7.29. The predicted octanol–water partition coefficient (Wildman–Crippen LogP) is 2.69. The van der Waals surface area contributed by atoms with E-state index in [9.17, 15) is 22.0 Å². The van der Waals surface area contributed by atoms with Gasteiger partial charge >= 0.3 is 0 Å². The Kier molecular flexibility index (Phi) is 6.91. The number of fused-ring (bicyclic) bond motifs is 1. The molecule has 9 heteroatoms. The molecule has 0 aromatic heterocycles. The molecule has 6 nitrogen and oxygen atoms in total. The van der Waals surface area contributed by atoms with Gasteiger partial charge in [-0.15, -0.1) is 0 Å². The number of anilines is 2. The Bertz CT molecular complexity index is 1010. The van der Waals surface area contributed by atoms with Crippen molar-refractivity contribution in [2.75, 3.05) is 41.6 Å². The highest BCUT2D eigenvalue weighted by Gasteiger charge is 2.24. The molecule has 0 bridgehead atoms. The summed E-state index contributed by atoms with van der Waals surface area (Å²) in [4.78, 5) is 14.6. The molecule has 0 unspecified atom stereocenters. The normalized spacial score (nSPS) is 13.6. The minimum absolute atomic E-state index is 0.362. The van der Waals surface area contributed by atoms with Crippen LogP contribution in [0, 0.1) is 11.6 Å². The van der Waals surface area contributed by atoms with E-state index in [-0.39, 0.29) is 5.69 Å². The number of amides is 1. The lowest BCUT2D eigenvalue weighted by Gasteiger charge is -2.31. The van der Waals surface area contributed by atoms with E-state index in [1.807, 2.05) is 12.1 Å². The van der Waals surface area contributed by atoms with Gasteiger partial charge in [-0.3, -0.25) is 9.10 Å². The van der Waals surface area contributed by atoms with Crippen molar-refractivity contribution in [3.63, 3.8) is 0 Å². The SMILES string of the molecule is CS(=O)(=O)N(CC(=O)NCCCN1CCCc2ccccc21)c1ccc(F)cc1F. The van der Waals surface area contributed by atoms with Gasteiger partial charge in [0.25, 0.3) is 0 Å². The average molecular weight is 438 g/mol. The van der Waals surface area contributed by atoms with Crippen molar-refractivity contribution in [3.8, 4) is 0 Å². The molecule has 0 saturated heterocycles. The number of nitrogens with one attached hydrogen (secondary N) is 1. The fourth-order valence-corrected chi connectivity index (χ4v) is 4.45. The first-order valence-electron chi connectivity index (χ1n) is 9.78. The van der Waals surface area contributed by atoms with E-state index in [2.05, 4.69) is 22.3 Å². The predicted molar refractivity (Wildman–Crippen MR) is 113 cm³/mol. The first-order valence-corrected chi connectivity index (χ1v) is 11.6. The number of halogens is 2. The third kappa shape index (κ3) is 5.47. The Morgan fingerprint density at radius 2 is 1.97 bits per heavy atom. The largest absolute Gasteiger partial charge is 0.371 e. The molecule has 1 amide bonds. The van der Waals surface area contributed by atoms with Crippen LogP contribution in [0.1, 0.15) is 18.4 Å². The smallest absolute Gasteiger partial charge is 0.240 e. The summed E-state index contributed by atoms with van der Waals surface area (Å²) in [6.07, 6.45) is 3.70. The average Bonchev–Trinajstić information content (AvgIpc) is 2.69. The zero-order chi connectivity index (χ0) is 21.7. The van der Waals surface area contributed by atoms with E-state index in [4.69, 9.17) is 0 Å². The highest BCUT2D eigenvalue weighted by molar-refractivity contribution is 7.92. The van der Waals surface area contributed by atoms with Gasteiger partial charge in [-0.1, -0.05) is 18.2 Å². The maximum absolute atomic E-state index is 14.0. The second kappa shape index (κ2) is 9.42. The minimum Gasteiger partial charge on any atom is -0.371 e. The fourth-order valence-electron chi connectivity index (χ4n) is 3.59. The van der Waals surface area contributed by atoms with Crippen molar-refractivity contribution in [3.05, 3.63) is 59.7 Å². The van der Waals surface area contributed by atoms with Crippen molar-refractivity contribution in [1.82, 2.24) is 5.32 Å². The number of carbonyl (C=O) groups is 1. The summed E-state index contributed by atoms with van der Waals surface area (Å²) in [5.41, 5.74) is 2.17. The minimum atomic E-state index is -3.93. The molecule has 30 heavy (non-hydrogen) atoms. The fraction of sp³-hybridized carbons (Fsp3) is 0.381. The number of aryl methyl sites for hydroxylation is 1. The molecule has 1 N–H and O–H groups in total. The second-order valence-corrected chi connectivity index (χ2v) is 9.20. The molecular formula is C21H25F2N3O3S. The number of carbonyl (C=O) groups excluding carboxylic acids is 1. The Morgan fingerprint density at radius 3 is 2.70 bits per heavy atom. The van der Waals surface area contributed by atoms with Crippen LogP contribution in [0.25, 0.3) is 0 Å². The first kappa shape index (κ1) is 22.0. The van der Waals surface area contributed by atoms with Gasteiger partial charge in [-0.05, 0) is 43.0 Å². The van der Waals surface area contributed by atoms with Crippen LogP contribution in [0.2, 0.25) is 0 Å². The molecule has 0 saturated carbocycles. The maximum atomic E-state index is 14.0. The lowest BCUT2D eigenvalue weighted by molar-refractivity contribution is -0.119. The number of hydrogen-bond acceptors (Lipinski definition) is 4. The molecule has 0 spiro atoms. The van der Waals surface area contributed by atoms with E-state index in [0.717, 1.165) is 44.3 Å². The lowest BCUT2D eigenvalue weighted by atomic mass is 10.0. The summed E-state index contributed by atoms with van der Waals surface area (Å²) < 4.78 is 51.9. The quantitative estimate of drug-likeness (QED) is 0.645. The van der Waals surface area contributed by atoms with Crippen LogP contribution < -0.4 is 14.5 Å². The standard InChI is InChI=1S/C21H25F2N3O3S/c1-30(28,29)26(20-10-9-17(22)14-18(20)23)15-21(27)24-11-5-13-25-12-4-7-16-6-2-3-8-19(16)25/h2-3,6,8-10,14H,4-5,7,11-13,15H2,1H3,(H,24,27). The van der Waals surface area contributed by atoms with Gasteiger partial charge in [-0.2, -0.15) is 0 Å². The van der Waals surface area contributed by atoms with Crippen LogP contribution in [-0.4, -0.2) is 46.8 Å². The van der Waals surface area contributed by atoms with Crippen molar-refractivity contribution in [2.24, 2.45) is 0 Å². The van der Waals surface area contributed by atoms with Crippen molar-refractivity contribution < 1.29 is 22.0 Å². The molecule has 3 rings (SSSR count). The number of benzene rings is 2. The summed E-state index contributed by atoms with van der Waals surface area (Å²) in [5.74, 6) is -2.42. The lowest BCUT2D eigenvalue weighted by Crippen LogP contribution is -2.41. The molecule has 2 aromatic carbocycles. The van der Waals surface area contributed by atoms with Crippen LogP contribution in [-0.2, 0) is 21.2 Å². The molecule has 0 fully saturated rings. The molecular weight excluding hydrogens is 412 g/mol. The molecule has 0 atom stereocenters. The molecule has 0 radical (unpaired) electrons. The van der Waals surface area contributed by atoms with Crippen LogP contribution in [0.3, 0.4) is 0 Å². The summed E-state index contributed by atoms with van der Waals surface area (Å²) in [7, 11) is -3.93. The van der Waals surface area contributed by atoms with E-state index in [0.29, 0.717) is 23.3 Å². The summed E-state index contributed by atoms with van der Waals surface area (Å²) in [5, 5.41) is 2.68. The topological polar surface area (TPSA) is 69.7 Å². The maximum Gasteiger partial charge on any atom is 0.240 e. The molecule has 0 aliphatic carbocycles. The van der Waals surface area contributed by atoms with Gasteiger partial charge < -0.3 is 10.2 Å².